The summed E-state index contributed by atoms with van der Waals surface area (Å²) in [5.41, 5.74) is -0.417. The molecule has 0 saturated heterocycles. The molecule has 0 aliphatic heterocycles. The van der Waals surface area contributed by atoms with Crippen molar-refractivity contribution >= 4 is 22.0 Å². The lowest BCUT2D eigenvalue weighted by Crippen LogP contribution is -2.35. The van der Waals surface area contributed by atoms with Crippen LogP contribution in [0, 0.1) is 5.92 Å². The van der Waals surface area contributed by atoms with E-state index in [9.17, 15) is 4.79 Å². The number of rotatable bonds is 6. The minimum Gasteiger partial charge on any atom is -0.444 e. The van der Waals surface area contributed by atoms with Gasteiger partial charge in [-0.3, -0.25) is 0 Å². The minimum atomic E-state index is -0.417. The molecule has 96 valence electrons. The number of carbonyl (C=O) groups excluding carboxylic acids is 1. The summed E-state index contributed by atoms with van der Waals surface area (Å²) in [5, 5.41) is 3.81. The van der Waals surface area contributed by atoms with Gasteiger partial charge in [0.2, 0.25) is 0 Å². The summed E-state index contributed by atoms with van der Waals surface area (Å²) in [5.74, 6) is 0.539. The van der Waals surface area contributed by atoms with Crippen LogP contribution in [0.15, 0.2) is 0 Å². The van der Waals surface area contributed by atoms with Crippen LogP contribution in [0.25, 0.3) is 0 Å². The fraction of sp³-hybridized carbons (Fsp3) is 0.917. The zero-order valence-electron chi connectivity index (χ0n) is 10.8. The van der Waals surface area contributed by atoms with Gasteiger partial charge in [0.15, 0.2) is 0 Å². The molecule has 0 fully saturated rings. The molecule has 0 bridgehead atoms. The summed E-state index contributed by atoms with van der Waals surface area (Å²) < 4.78 is 5.18. The Morgan fingerprint density at radius 1 is 1.38 bits per heavy atom. The van der Waals surface area contributed by atoms with Crippen molar-refractivity contribution in [2.75, 3.05) is 11.9 Å². The molecule has 0 rings (SSSR count). The molecule has 0 aliphatic rings. The Labute approximate surface area is 107 Å². The highest BCUT2D eigenvalue weighted by Crippen LogP contribution is 2.12. The van der Waals surface area contributed by atoms with E-state index in [0.717, 1.165) is 24.6 Å². The first-order valence-corrected chi connectivity index (χ1v) is 7.04. The van der Waals surface area contributed by atoms with Gasteiger partial charge in [0.25, 0.3) is 0 Å². The number of hydrogen-bond acceptors (Lipinski definition) is 2. The van der Waals surface area contributed by atoms with Crippen molar-refractivity contribution in [3.05, 3.63) is 0 Å². The maximum absolute atomic E-state index is 11.4. The normalized spacial score (nSPS) is 13.3. The highest BCUT2D eigenvalue weighted by molar-refractivity contribution is 9.09. The first-order chi connectivity index (χ1) is 7.39. The quantitative estimate of drug-likeness (QED) is 0.758. The van der Waals surface area contributed by atoms with E-state index in [1.165, 1.54) is 0 Å². The third-order valence-electron chi connectivity index (χ3n) is 2.15. The van der Waals surface area contributed by atoms with Crippen molar-refractivity contribution in [2.45, 2.75) is 52.6 Å². The molecule has 4 heteroatoms. The Bertz CT molecular complexity index is 196. The van der Waals surface area contributed by atoms with Crippen LogP contribution in [0.3, 0.4) is 0 Å². The molecule has 1 amide bonds. The van der Waals surface area contributed by atoms with Gasteiger partial charge < -0.3 is 10.1 Å². The highest BCUT2D eigenvalue weighted by Gasteiger charge is 2.16. The molecular formula is C12H24BrNO2. The second-order valence-corrected chi connectivity index (χ2v) is 5.81. The summed E-state index contributed by atoms with van der Waals surface area (Å²) in [6, 6.07) is 0. The summed E-state index contributed by atoms with van der Waals surface area (Å²) >= 11 is 3.43. The molecule has 1 atom stereocenters. The van der Waals surface area contributed by atoms with E-state index in [1.807, 2.05) is 20.8 Å². The van der Waals surface area contributed by atoms with Gasteiger partial charge in [-0.2, -0.15) is 0 Å². The number of alkyl carbamates (subject to hydrolysis) is 1. The van der Waals surface area contributed by atoms with Crippen LogP contribution in [-0.2, 0) is 4.74 Å². The average molecular weight is 294 g/mol. The van der Waals surface area contributed by atoms with Crippen LogP contribution in [0.1, 0.15) is 47.0 Å². The minimum absolute atomic E-state index is 0.317. The Balaban J connectivity index is 3.86. The molecule has 0 saturated carbocycles. The first-order valence-electron chi connectivity index (χ1n) is 5.92. The highest BCUT2D eigenvalue weighted by atomic mass is 79.9. The van der Waals surface area contributed by atoms with Crippen LogP contribution in [0.5, 0.6) is 0 Å². The van der Waals surface area contributed by atoms with Crippen LogP contribution >= 0.6 is 15.9 Å². The van der Waals surface area contributed by atoms with Crippen LogP contribution < -0.4 is 5.32 Å². The van der Waals surface area contributed by atoms with E-state index in [4.69, 9.17) is 4.74 Å². The molecule has 16 heavy (non-hydrogen) atoms. The predicted molar refractivity (Wildman–Crippen MR) is 71.0 cm³/mol. The Morgan fingerprint density at radius 3 is 2.44 bits per heavy atom. The second kappa shape index (κ2) is 7.93. The lowest BCUT2D eigenvalue weighted by molar-refractivity contribution is 0.0518. The summed E-state index contributed by atoms with van der Waals surface area (Å²) in [4.78, 5) is 11.4. The monoisotopic (exact) mass is 293 g/mol. The van der Waals surface area contributed by atoms with Gasteiger partial charge in [0.05, 0.1) is 0 Å². The fourth-order valence-corrected chi connectivity index (χ4v) is 2.10. The lowest BCUT2D eigenvalue weighted by atomic mass is 10.0. The van der Waals surface area contributed by atoms with E-state index in [0.29, 0.717) is 12.5 Å². The van der Waals surface area contributed by atoms with Crippen molar-refractivity contribution in [3.8, 4) is 0 Å². The molecular weight excluding hydrogens is 270 g/mol. The maximum Gasteiger partial charge on any atom is 0.407 e. The molecule has 0 radical (unpaired) electrons. The zero-order chi connectivity index (χ0) is 12.6. The average Bonchev–Trinajstić information content (AvgIpc) is 2.12. The van der Waals surface area contributed by atoms with Gasteiger partial charge in [-0.25, -0.2) is 4.79 Å². The number of halogens is 1. The van der Waals surface area contributed by atoms with Crippen molar-refractivity contribution in [2.24, 2.45) is 5.92 Å². The van der Waals surface area contributed by atoms with Crippen molar-refractivity contribution in [3.63, 3.8) is 0 Å². The molecule has 0 spiro atoms. The fourth-order valence-electron chi connectivity index (χ4n) is 1.45. The third kappa shape index (κ3) is 9.01. The Hall–Kier alpha value is -0.250. The SMILES string of the molecule is CCCC(CCBr)CNC(=O)OC(C)(C)C. The molecule has 1 unspecified atom stereocenters. The van der Waals surface area contributed by atoms with E-state index in [2.05, 4.69) is 28.2 Å². The molecule has 0 aromatic rings. The maximum atomic E-state index is 11.4. The van der Waals surface area contributed by atoms with Gasteiger partial charge in [0, 0.05) is 11.9 Å². The number of ether oxygens (including phenoxy) is 1. The summed E-state index contributed by atoms with van der Waals surface area (Å²) in [6.45, 7) is 8.47. The topological polar surface area (TPSA) is 38.3 Å². The van der Waals surface area contributed by atoms with Crippen molar-refractivity contribution < 1.29 is 9.53 Å². The Kier molecular flexibility index (Phi) is 7.81. The second-order valence-electron chi connectivity index (χ2n) is 5.02. The Morgan fingerprint density at radius 2 is 2.00 bits per heavy atom. The van der Waals surface area contributed by atoms with Gasteiger partial charge in [0.1, 0.15) is 5.60 Å². The van der Waals surface area contributed by atoms with E-state index < -0.39 is 5.60 Å². The van der Waals surface area contributed by atoms with E-state index in [1.54, 1.807) is 0 Å². The van der Waals surface area contributed by atoms with Gasteiger partial charge in [-0.05, 0) is 39.5 Å². The number of carbonyl (C=O) groups is 1. The summed E-state index contributed by atoms with van der Waals surface area (Å²) in [7, 11) is 0. The predicted octanol–water partition coefficient (Wildman–Crippen LogP) is 3.71. The standard InChI is InChI=1S/C12H24BrNO2/c1-5-6-10(7-8-13)9-14-11(15)16-12(2,3)4/h10H,5-9H2,1-4H3,(H,14,15). The molecule has 3 nitrogen and oxygen atoms in total. The molecule has 0 aliphatic carbocycles. The largest absolute Gasteiger partial charge is 0.444 e. The van der Waals surface area contributed by atoms with Crippen LogP contribution in [0.4, 0.5) is 4.79 Å². The van der Waals surface area contributed by atoms with Crippen LogP contribution in [-0.4, -0.2) is 23.6 Å². The smallest absolute Gasteiger partial charge is 0.407 e. The van der Waals surface area contributed by atoms with Crippen LogP contribution in [0.2, 0.25) is 0 Å². The van der Waals surface area contributed by atoms with Gasteiger partial charge >= 0.3 is 6.09 Å². The van der Waals surface area contributed by atoms with Gasteiger partial charge in [-0.15, -0.1) is 0 Å². The number of nitrogens with one attached hydrogen (secondary N) is 1. The number of alkyl halides is 1. The third-order valence-corrected chi connectivity index (χ3v) is 2.61. The number of amides is 1. The van der Waals surface area contributed by atoms with E-state index in [-0.39, 0.29) is 6.09 Å². The van der Waals surface area contributed by atoms with Crippen molar-refractivity contribution in [1.29, 1.82) is 0 Å². The molecule has 1 N–H and O–H groups in total. The summed E-state index contributed by atoms with van der Waals surface area (Å²) in [6.07, 6.45) is 3.06. The first kappa shape index (κ1) is 15.8. The van der Waals surface area contributed by atoms with Gasteiger partial charge in [-0.1, -0.05) is 29.3 Å². The lowest BCUT2D eigenvalue weighted by Gasteiger charge is -2.21. The van der Waals surface area contributed by atoms with E-state index >= 15 is 0 Å². The van der Waals surface area contributed by atoms with Crippen molar-refractivity contribution in [1.82, 2.24) is 5.32 Å². The molecule has 0 aromatic heterocycles. The zero-order valence-corrected chi connectivity index (χ0v) is 12.4. The molecule has 0 heterocycles. The molecule has 0 aromatic carbocycles. The number of hydrogen-bond donors (Lipinski definition) is 1.